The number of hydrogen-bond acceptors (Lipinski definition) is 4. The van der Waals surface area contributed by atoms with Gasteiger partial charge in [-0.3, -0.25) is 0 Å². The molecule has 1 aliphatic heterocycles. The van der Waals surface area contributed by atoms with E-state index in [4.69, 9.17) is 9.97 Å². The molecule has 1 aromatic heterocycles. The van der Waals surface area contributed by atoms with Crippen molar-refractivity contribution >= 4 is 17.6 Å². The van der Waals surface area contributed by atoms with Gasteiger partial charge in [-0.15, -0.1) is 0 Å². The van der Waals surface area contributed by atoms with Gasteiger partial charge in [0.2, 0.25) is 0 Å². The summed E-state index contributed by atoms with van der Waals surface area (Å²) in [5, 5.41) is 3.46. The number of anilines is 1. The van der Waals surface area contributed by atoms with Gasteiger partial charge in [-0.1, -0.05) is 27.7 Å². The summed E-state index contributed by atoms with van der Waals surface area (Å²) in [4.78, 5) is 9.47. The van der Waals surface area contributed by atoms with E-state index in [0.29, 0.717) is 0 Å². The molecule has 0 fully saturated rings. The molecule has 100 valence electrons. The third-order valence-corrected chi connectivity index (χ3v) is 3.83. The predicted octanol–water partition coefficient (Wildman–Crippen LogP) is 3.63. The molecule has 0 spiro atoms. The minimum Gasteiger partial charge on any atom is -0.370 e. The van der Waals surface area contributed by atoms with Gasteiger partial charge in [0.1, 0.15) is 11.6 Å². The second-order valence-electron chi connectivity index (χ2n) is 6.07. The smallest absolute Gasteiger partial charge is 0.134 e. The maximum absolute atomic E-state index is 4.74. The maximum Gasteiger partial charge on any atom is 0.134 e. The molecule has 2 rings (SSSR count). The number of hydrogen-bond donors (Lipinski definition) is 1. The van der Waals surface area contributed by atoms with Crippen LogP contribution in [0.1, 0.15) is 51.2 Å². The SMILES string of the molecule is CCCNc1nc(CC(C)(C)C)nc2c1CSC2. The lowest BCUT2D eigenvalue weighted by molar-refractivity contribution is 0.400. The number of nitrogens with one attached hydrogen (secondary N) is 1. The van der Waals surface area contributed by atoms with E-state index < -0.39 is 0 Å². The van der Waals surface area contributed by atoms with Crippen LogP contribution in [-0.2, 0) is 17.9 Å². The third-order valence-electron chi connectivity index (χ3n) is 2.86. The van der Waals surface area contributed by atoms with E-state index in [1.54, 1.807) is 0 Å². The number of rotatable bonds is 4. The van der Waals surface area contributed by atoms with Crippen molar-refractivity contribution in [3.8, 4) is 0 Å². The van der Waals surface area contributed by atoms with Crippen LogP contribution in [0.3, 0.4) is 0 Å². The van der Waals surface area contributed by atoms with Crippen LogP contribution in [0.25, 0.3) is 0 Å². The van der Waals surface area contributed by atoms with Crippen molar-refractivity contribution in [1.82, 2.24) is 9.97 Å². The molecule has 0 radical (unpaired) electrons. The Morgan fingerprint density at radius 3 is 2.67 bits per heavy atom. The Hall–Kier alpha value is -0.770. The zero-order valence-corrected chi connectivity index (χ0v) is 12.7. The quantitative estimate of drug-likeness (QED) is 0.902. The predicted molar refractivity (Wildman–Crippen MR) is 79.0 cm³/mol. The van der Waals surface area contributed by atoms with Gasteiger partial charge in [-0.25, -0.2) is 9.97 Å². The Labute approximate surface area is 114 Å². The van der Waals surface area contributed by atoms with Crippen molar-refractivity contribution in [3.05, 3.63) is 17.1 Å². The van der Waals surface area contributed by atoms with Gasteiger partial charge in [0.15, 0.2) is 0 Å². The molecule has 2 heterocycles. The van der Waals surface area contributed by atoms with E-state index in [1.165, 1.54) is 11.3 Å². The monoisotopic (exact) mass is 265 g/mol. The van der Waals surface area contributed by atoms with Crippen LogP contribution >= 0.6 is 11.8 Å². The molecule has 0 aromatic carbocycles. The fourth-order valence-electron chi connectivity index (χ4n) is 2.05. The van der Waals surface area contributed by atoms with Crippen molar-refractivity contribution in [1.29, 1.82) is 0 Å². The lowest BCUT2D eigenvalue weighted by atomic mass is 9.92. The van der Waals surface area contributed by atoms with Crippen LogP contribution in [0.5, 0.6) is 0 Å². The van der Waals surface area contributed by atoms with Crippen LogP contribution in [0.15, 0.2) is 0 Å². The molecule has 1 N–H and O–H groups in total. The lowest BCUT2D eigenvalue weighted by Gasteiger charge is -2.18. The van der Waals surface area contributed by atoms with Gasteiger partial charge in [0, 0.05) is 30.0 Å². The van der Waals surface area contributed by atoms with Crippen LogP contribution < -0.4 is 5.32 Å². The number of fused-ring (bicyclic) bond motifs is 1. The zero-order chi connectivity index (χ0) is 13.2. The fourth-order valence-corrected chi connectivity index (χ4v) is 3.09. The number of thioether (sulfide) groups is 1. The van der Waals surface area contributed by atoms with Gasteiger partial charge in [0.25, 0.3) is 0 Å². The number of nitrogens with zero attached hydrogens (tertiary/aromatic N) is 2. The molecule has 4 heteroatoms. The van der Waals surface area contributed by atoms with E-state index in [2.05, 4.69) is 33.0 Å². The van der Waals surface area contributed by atoms with E-state index in [1.807, 2.05) is 11.8 Å². The highest BCUT2D eigenvalue weighted by Crippen LogP contribution is 2.33. The average molecular weight is 265 g/mol. The molecule has 0 amide bonds. The standard InChI is InChI=1S/C14H23N3S/c1-5-6-15-13-10-8-18-9-11(10)16-12(17-13)7-14(2,3)4/h5-9H2,1-4H3,(H,15,16,17). The van der Waals surface area contributed by atoms with Crippen LogP contribution in [0.2, 0.25) is 0 Å². The van der Waals surface area contributed by atoms with E-state index >= 15 is 0 Å². The fraction of sp³-hybridized carbons (Fsp3) is 0.714. The number of aromatic nitrogens is 2. The Bertz CT molecular complexity index is 424. The normalized spacial score (nSPS) is 14.7. The molecular formula is C14H23N3S. The summed E-state index contributed by atoms with van der Waals surface area (Å²) in [5.74, 6) is 4.15. The summed E-state index contributed by atoms with van der Waals surface area (Å²) in [6, 6.07) is 0. The van der Waals surface area contributed by atoms with Crippen LogP contribution in [0.4, 0.5) is 5.82 Å². The Morgan fingerprint density at radius 2 is 2.00 bits per heavy atom. The first-order valence-corrected chi connectivity index (χ1v) is 7.85. The summed E-state index contributed by atoms with van der Waals surface area (Å²) < 4.78 is 0. The van der Waals surface area contributed by atoms with Gasteiger partial charge in [0.05, 0.1) is 5.69 Å². The Balaban J connectivity index is 2.27. The third kappa shape index (κ3) is 3.37. The maximum atomic E-state index is 4.74. The topological polar surface area (TPSA) is 37.8 Å². The minimum absolute atomic E-state index is 0.238. The molecule has 0 unspecified atom stereocenters. The minimum atomic E-state index is 0.238. The molecule has 3 nitrogen and oxygen atoms in total. The molecule has 18 heavy (non-hydrogen) atoms. The molecule has 0 saturated carbocycles. The molecule has 0 saturated heterocycles. The summed E-state index contributed by atoms with van der Waals surface area (Å²) in [6.45, 7) is 9.87. The van der Waals surface area contributed by atoms with Crippen molar-refractivity contribution in [2.45, 2.75) is 52.0 Å². The highest BCUT2D eigenvalue weighted by molar-refractivity contribution is 7.98. The second-order valence-corrected chi connectivity index (χ2v) is 7.06. The highest BCUT2D eigenvalue weighted by Gasteiger charge is 2.21. The van der Waals surface area contributed by atoms with Crippen molar-refractivity contribution in [3.63, 3.8) is 0 Å². The Kier molecular flexibility index (Phi) is 4.15. The van der Waals surface area contributed by atoms with Gasteiger partial charge in [-0.05, 0) is 11.8 Å². The van der Waals surface area contributed by atoms with E-state index in [0.717, 1.165) is 42.5 Å². The summed E-state index contributed by atoms with van der Waals surface area (Å²) in [7, 11) is 0. The largest absolute Gasteiger partial charge is 0.370 e. The van der Waals surface area contributed by atoms with Crippen molar-refractivity contribution in [2.75, 3.05) is 11.9 Å². The van der Waals surface area contributed by atoms with Crippen molar-refractivity contribution < 1.29 is 0 Å². The van der Waals surface area contributed by atoms with Gasteiger partial charge < -0.3 is 5.32 Å². The molecule has 0 bridgehead atoms. The summed E-state index contributed by atoms with van der Waals surface area (Å²) >= 11 is 1.93. The summed E-state index contributed by atoms with van der Waals surface area (Å²) in [6.07, 6.45) is 2.06. The molecular weight excluding hydrogens is 242 g/mol. The molecule has 0 atom stereocenters. The first-order valence-electron chi connectivity index (χ1n) is 6.70. The van der Waals surface area contributed by atoms with Crippen molar-refractivity contribution in [2.24, 2.45) is 5.41 Å². The molecule has 0 aliphatic carbocycles. The zero-order valence-electron chi connectivity index (χ0n) is 11.8. The van der Waals surface area contributed by atoms with E-state index in [-0.39, 0.29) is 5.41 Å². The van der Waals surface area contributed by atoms with Crippen LogP contribution in [0, 0.1) is 5.41 Å². The first-order chi connectivity index (χ1) is 8.49. The molecule has 1 aromatic rings. The van der Waals surface area contributed by atoms with Gasteiger partial charge >= 0.3 is 0 Å². The lowest BCUT2D eigenvalue weighted by Crippen LogP contribution is -2.15. The average Bonchev–Trinajstić information content (AvgIpc) is 2.71. The first kappa shape index (κ1) is 13.7. The second kappa shape index (κ2) is 5.47. The molecule has 1 aliphatic rings. The van der Waals surface area contributed by atoms with Gasteiger partial charge in [-0.2, -0.15) is 11.8 Å². The highest BCUT2D eigenvalue weighted by atomic mass is 32.2. The van der Waals surface area contributed by atoms with E-state index in [9.17, 15) is 0 Å². The summed E-state index contributed by atoms with van der Waals surface area (Å²) in [5.41, 5.74) is 2.81. The van der Waals surface area contributed by atoms with Crippen LogP contribution in [-0.4, -0.2) is 16.5 Å². The Morgan fingerprint density at radius 1 is 1.22 bits per heavy atom.